The highest BCUT2D eigenvalue weighted by Crippen LogP contribution is 2.24. The van der Waals surface area contributed by atoms with Crippen molar-refractivity contribution in [2.45, 2.75) is 33.6 Å². The number of benzene rings is 1. The van der Waals surface area contributed by atoms with E-state index in [-0.39, 0.29) is 17.9 Å². The maximum atomic E-state index is 12.3. The number of hydrogen-bond donors (Lipinski definition) is 2. The van der Waals surface area contributed by atoms with E-state index in [1.807, 2.05) is 38.1 Å². The molecule has 0 aliphatic rings. The lowest BCUT2D eigenvalue weighted by Crippen LogP contribution is -2.27. The predicted molar refractivity (Wildman–Crippen MR) is 95.7 cm³/mol. The van der Waals surface area contributed by atoms with Crippen LogP contribution in [0.5, 0.6) is 5.75 Å². The van der Waals surface area contributed by atoms with Gasteiger partial charge in [-0.25, -0.2) is 4.98 Å². The Morgan fingerprint density at radius 2 is 2.00 bits per heavy atom. The number of carbonyl (C=O) groups is 1. The number of ether oxygens (including phenoxy) is 1. The first-order chi connectivity index (χ1) is 11.9. The minimum Gasteiger partial charge on any atom is -0.497 e. The molecule has 0 spiro atoms. The monoisotopic (exact) mass is 346 g/mol. The van der Waals surface area contributed by atoms with Gasteiger partial charge in [-0.1, -0.05) is 13.8 Å². The molecule has 6 heteroatoms. The Bertz CT molecular complexity index is 705. The van der Waals surface area contributed by atoms with Crippen molar-refractivity contribution in [3.8, 4) is 17.2 Å². The fraction of sp³-hybridized carbons (Fsp3) is 0.474. The van der Waals surface area contributed by atoms with Gasteiger partial charge in [0.2, 0.25) is 5.89 Å². The molecule has 2 aromatic rings. The molecular weight excluding hydrogens is 320 g/mol. The molecule has 6 nitrogen and oxygen atoms in total. The molecule has 1 amide bonds. The Labute approximate surface area is 148 Å². The van der Waals surface area contributed by atoms with E-state index in [4.69, 9.17) is 9.15 Å². The summed E-state index contributed by atoms with van der Waals surface area (Å²) >= 11 is 0. The van der Waals surface area contributed by atoms with Crippen LogP contribution in [0.3, 0.4) is 0 Å². The fourth-order valence-electron chi connectivity index (χ4n) is 2.40. The highest BCUT2D eigenvalue weighted by Gasteiger charge is 2.19. The lowest BCUT2D eigenvalue weighted by atomic mass is 9.89. The number of aryl methyl sites for hydroxylation is 1. The second-order valence-electron chi connectivity index (χ2n) is 6.83. The molecule has 1 aromatic carbocycles. The number of rotatable bonds is 8. The van der Waals surface area contributed by atoms with Gasteiger partial charge in [-0.05, 0) is 49.4 Å². The largest absolute Gasteiger partial charge is 0.497 e. The smallest absolute Gasteiger partial charge is 0.273 e. The summed E-state index contributed by atoms with van der Waals surface area (Å²) in [5.74, 6) is 1.39. The third-order valence-corrected chi connectivity index (χ3v) is 4.09. The Hall–Kier alpha value is -2.34. The Kier molecular flexibility index (Phi) is 6.20. The molecule has 2 N–H and O–H groups in total. The van der Waals surface area contributed by atoms with Crippen LogP contribution in [0.4, 0.5) is 0 Å². The summed E-state index contributed by atoms with van der Waals surface area (Å²) in [6.07, 6.45) is 1.63. The minimum absolute atomic E-state index is 0.129. The maximum absolute atomic E-state index is 12.3. The first-order valence-corrected chi connectivity index (χ1v) is 8.37. The zero-order valence-corrected chi connectivity index (χ0v) is 15.3. The molecule has 25 heavy (non-hydrogen) atoms. The van der Waals surface area contributed by atoms with E-state index in [0.717, 1.165) is 24.2 Å². The molecule has 1 aromatic heterocycles. The van der Waals surface area contributed by atoms with Crippen molar-refractivity contribution < 1.29 is 19.1 Å². The molecule has 0 aliphatic heterocycles. The Balaban J connectivity index is 1.97. The average molecular weight is 346 g/mol. The molecule has 0 bridgehead atoms. The molecule has 2 rings (SSSR count). The molecule has 136 valence electrons. The van der Waals surface area contributed by atoms with Gasteiger partial charge >= 0.3 is 0 Å². The molecular formula is C19H26N2O4. The lowest BCUT2D eigenvalue weighted by molar-refractivity contribution is 0.0942. The number of aromatic nitrogens is 1. The van der Waals surface area contributed by atoms with E-state index >= 15 is 0 Å². The molecule has 0 fully saturated rings. The quantitative estimate of drug-likeness (QED) is 0.717. The van der Waals surface area contributed by atoms with Crippen molar-refractivity contribution in [3.63, 3.8) is 0 Å². The average Bonchev–Trinajstić information content (AvgIpc) is 3.00. The summed E-state index contributed by atoms with van der Waals surface area (Å²) in [7, 11) is 1.61. The summed E-state index contributed by atoms with van der Waals surface area (Å²) < 4.78 is 10.8. The highest BCUT2D eigenvalue weighted by atomic mass is 16.5. The zero-order valence-electron chi connectivity index (χ0n) is 15.3. The number of carbonyl (C=O) groups excluding carboxylic acids is 1. The van der Waals surface area contributed by atoms with Crippen LogP contribution in [0.25, 0.3) is 11.5 Å². The first-order valence-electron chi connectivity index (χ1n) is 8.37. The van der Waals surface area contributed by atoms with E-state index in [1.54, 1.807) is 14.0 Å². The normalized spacial score (nSPS) is 11.4. The summed E-state index contributed by atoms with van der Waals surface area (Å²) in [6, 6.07) is 7.31. The third kappa shape index (κ3) is 5.06. The number of oxazole rings is 1. The number of nitrogens with one attached hydrogen (secondary N) is 1. The number of methoxy groups -OCH3 is 1. The molecule has 0 unspecified atom stereocenters. The fourth-order valence-corrected chi connectivity index (χ4v) is 2.40. The van der Waals surface area contributed by atoms with E-state index < -0.39 is 0 Å². The molecule has 1 heterocycles. The van der Waals surface area contributed by atoms with E-state index in [2.05, 4.69) is 10.3 Å². The van der Waals surface area contributed by atoms with Crippen LogP contribution < -0.4 is 10.1 Å². The second kappa shape index (κ2) is 8.16. The number of hydrogen-bond acceptors (Lipinski definition) is 5. The zero-order chi connectivity index (χ0) is 18.4. The first kappa shape index (κ1) is 19.0. The van der Waals surface area contributed by atoms with Crippen LogP contribution in [0, 0.1) is 12.3 Å². The van der Waals surface area contributed by atoms with Crippen molar-refractivity contribution in [2.24, 2.45) is 5.41 Å². The van der Waals surface area contributed by atoms with E-state index in [0.29, 0.717) is 23.9 Å². The predicted octanol–water partition coefficient (Wildman–Crippen LogP) is 3.19. The van der Waals surface area contributed by atoms with Gasteiger partial charge in [0.15, 0.2) is 5.69 Å². The number of aliphatic hydroxyl groups is 1. The van der Waals surface area contributed by atoms with Gasteiger partial charge in [0.05, 0.1) is 7.11 Å². The SMILES string of the molecule is COc1ccc(-c2nc(C(=O)NCCCC(C)(C)CO)c(C)o2)cc1. The lowest BCUT2D eigenvalue weighted by Gasteiger charge is -2.21. The van der Waals surface area contributed by atoms with Crippen LogP contribution >= 0.6 is 0 Å². The van der Waals surface area contributed by atoms with Gasteiger partial charge in [0, 0.05) is 18.7 Å². The standard InChI is InChI=1S/C19H26N2O4/c1-13-16(17(23)20-11-5-10-19(2,3)12-22)21-18(25-13)14-6-8-15(24-4)9-7-14/h6-9,22H,5,10-12H2,1-4H3,(H,20,23). The van der Waals surface area contributed by atoms with Crippen LogP contribution in [0.1, 0.15) is 42.9 Å². The van der Waals surface area contributed by atoms with Gasteiger partial charge in [0.25, 0.3) is 5.91 Å². The topological polar surface area (TPSA) is 84.6 Å². The molecule has 0 radical (unpaired) electrons. The van der Waals surface area contributed by atoms with E-state index in [9.17, 15) is 9.90 Å². The van der Waals surface area contributed by atoms with Crippen molar-refractivity contribution >= 4 is 5.91 Å². The minimum atomic E-state index is -0.247. The summed E-state index contributed by atoms with van der Waals surface area (Å²) in [6.45, 7) is 6.39. The second-order valence-corrected chi connectivity index (χ2v) is 6.83. The van der Waals surface area contributed by atoms with Gasteiger partial charge in [-0.15, -0.1) is 0 Å². The number of amides is 1. The summed E-state index contributed by atoms with van der Waals surface area (Å²) in [5, 5.41) is 12.1. The molecule has 0 atom stereocenters. The van der Waals surface area contributed by atoms with Gasteiger partial charge in [0.1, 0.15) is 11.5 Å². The molecule has 0 saturated carbocycles. The van der Waals surface area contributed by atoms with Gasteiger partial charge < -0.3 is 19.6 Å². The van der Waals surface area contributed by atoms with Crippen molar-refractivity contribution in [3.05, 3.63) is 35.7 Å². The molecule has 0 saturated heterocycles. The molecule has 0 aliphatic carbocycles. The third-order valence-electron chi connectivity index (χ3n) is 4.09. The number of aliphatic hydroxyl groups excluding tert-OH is 1. The number of nitrogens with zero attached hydrogens (tertiary/aromatic N) is 1. The summed E-state index contributed by atoms with van der Waals surface area (Å²) in [4.78, 5) is 16.6. The van der Waals surface area contributed by atoms with Gasteiger partial charge in [-0.3, -0.25) is 4.79 Å². The van der Waals surface area contributed by atoms with E-state index in [1.165, 1.54) is 0 Å². The van der Waals surface area contributed by atoms with Crippen LogP contribution in [0.15, 0.2) is 28.7 Å². The van der Waals surface area contributed by atoms with Crippen LogP contribution in [-0.2, 0) is 0 Å². The van der Waals surface area contributed by atoms with Crippen molar-refractivity contribution in [1.82, 2.24) is 10.3 Å². The maximum Gasteiger partial charge on any atom is 0.273 e. The summed E-state index contributed by atoms with van der Waals surface area (Å²) in [5.41, 5.74) is 0.954. The Morgan fingerprint density at radius 1 is 1.32 bits per heavy atom. The van der Waals surface area contributed by atoms with Crippen molar-refractivity contribution in [2.75, 3.05) is 20.3 Å². The van der Waals surface area contributed by atoms with Crippen LogP contribution in [-0.4, -0.2) is 36.3 Å². The van der Waals surface area contributed by atoms with Gasteiger partial charge in [-0.2, -0.15) is 0 Å². The Morgan fingerprint density at radius 3 is 2.60 bits per heavy atom. The highest BCUT2D eigenvalue weighted by molar-refractivity contribution is 5.93. The van der Waals surface area contributed by atoms with Crippen LogP contribution in [0.2, 0.25) is 0 Å². The van der Waals surface area contributed by atoms with Crippen molar-refractivity contribution in [1.29, 1.82) is 0 Å².